The monoisotopic (exact) mass is 501 g/mol. The van der Waals surface area contributed by atoms with E-state index in [2.05, 4.69) is 20.3 Å². The zero-order chi connectivity index (χ0) is 25.8. The zero-order valence-corrected chi connectivity index (χ0v) is 20.2. The molecule has 2 aromatic heterocycles. The predicted octanol–water partition coefficient (Wildman–Crippen LogP) is 3.15. The van der Waals surface area contributed by atoms with E-state index in [0.717, 1.165) is 5.56 Å². The number of ether oxygens (including phenoxy) is 2. The van der Waals surface area contributed by atoms with Crippen LogP contribution < -0.4 is 5.32 Å². The highest BCUT2D eigenvalue weighted by Gasteiger charge is 2.45. The van der Waals surface area contributed by atoms with E-state index in [9.17, 15) is 14.7 Å². The van der Waals surface area contributed by atoms with Crippen LogP contribution >= 0.6 is 0 Å². The average molecular weight is 502 g/mol. The van der Waals surface area contributed by atoms with Crippen molar-refractivity contribution in [2.45, 2.75) is 38.2 Å². The molecule has 1 aliphatic carbocycles. The molecule has 2 aromatic carbocycles. The summed E-state index contributed by atoms with van der Waals surface area (Å²) in [7, 11) is 0. The smallest absolute Gasteiger partial charge is 0.302 e. The summed E-state index contributed by atoms with van der Waals surface area (Å²) in [4.78, 5) is 37.2. The second kappa shape index (κ2) is 10.9. The van der Waals surface area contributed by atoms with Crippen molar-refractivity contribution < 1.29 is 24.2 Å². The third kappa shape index (κ3) is 5.35. The van der Waals surface area contributed by atoms with E-state index in [4.69, 9.17) is 9.47 Å². The van der Waals surface area contributed by atoms with Gasteiger partial charge in [0.2, 0.25) is 0 Å². The van der Waals surface area contributed by atoms with Crippen molar-refractivity contribution in [3.63, 3.8) is 0 Å². The van der Waals surface area contributed by atoms with Gasteiger partial charge in [0, 0.05) is 18.4 Å². The first-order valence-corrected chi connectivity index (χ1v) is 12.0. The summed E-state index contributed by atoms with van der Waals surface area (Å²) in [5.41, 5.74) is 2.34. The lowest BCUT2D eigenvalue weighted by Gasteiger charge is -2.23. The number of amides is 1. The maximum atomic E-state index is 12.7. The summed E-state index contributed by atoms with van der Waals surface area (Å²) >= 11 is 0. The fourth-order valence-corrected chi connectivity index (χ4v) is 4.70. The topological polar surface area (TPSA) is 128 Å². The number of benzene rings is 2. The van der Waals surface area contributed by atoms with Crippen LogP contribution in [-0.2, 0) is 20.9 Å². The van der Waals surface area contributed by atoms with E-state index < -0.39 is 18.2 Å². The summed E-state index contributed by atoms with van der Waals surface area (Å²) < 4.78 is 13.2. The first-order valence-electron chi connectivity index (χ1n) is 12.0. The number of carbonyl (C=O) groups excluding carboxylic acids is 2. The van der Waals surface area contributed by atoms with Gasteiger partial charge in [0.1, 0.15) is 12.4 Å². The molecule has 4 atom stereocenters. The van der Waals surface area contributed by atoms with Crippen LogP contribution in [0.4, 0.5) is 5.82 Å². The largest absolute Gasteiger partial charge is 0.465 e. The first-order chi connectivity index (χ1) is 18.0. The molecular formula is C27H27N5O5. The molecule has 10 heteroatoms. The van der Waals surface area contributed by atoms with Crippen molar-refractivity contribution in [2.24, 2.45) is 5.92 Å². The van der Waals surface area contributed by atoms with Gasteiger partial charge in [-0.25, -0.2) is 15.0 Å². The molecule has 190 valence electrons. The van der Waals surface area contributed by atoms with E-state index in [1.807, 2.05) is 36.4 Å². The van der Waals surface area contributed by atoms with Gasteiger partial charge >= 0.3 is 5.97 Å². The molecule has 1 saturated carbocycles. The number of nitrogens with one attached hydrogen (secondary N) is 1. The van der Waals surface area contributed by atoms with E-state index in [1.165, 1.54) is 13.3 Å². The Morgan fingerprint density at radius 2 is 1.78 bits per heavy atom. The third-order valence-electron chi connectivity index (χ3n) is 6.51. The van der Waals surface area contributed by atoms with E-state index >= 15 is 0 Å². The van der Waals surface area contributed by atoms with Crippen LogP contribution in [0.2, 0.25) is 0 Å². The van der Waals surface area contributed by atoms with Crippen molar-refractivity contribution in [1.29, 1.82) is 0 Å². The number of aliphatic hydroxyl groups is 1. The minimum atomic E-state index is -0.904. The zero-order valence-electron chi connectivity index (χ0n) is 20.2. The number of nitrogens with zero attached hydrogens (tertiary/aromatic N) is 4. The minimum absolute atomic E-state index is 0.127. The number of hydrogen-bond donors (Lipinski definition) is 2. The lowest BCUT2D eigenvalue weighted by molar-refractivity contribution is -0.144. The quantitative estimate of drug-likeness (QED) is 0.353. The standard InChI is InChI=1S/C27H27N5O5/c1-17(33)36-14-20-12-21(23(34)24(20)37-13-18-8-4-2-5-9-18)32-16-30-22-25(28-15-29-26(22)32)31-27(35)19-10-6-3-7-11-19/h2-11,15-16,20-21,23-24,34H,12-14H2,1H3,(H,28,29,31,35)/t20-,21-,23+,24+/m1/s1. The van der Waals surface area contributed by atoms with Gasteiger partial charge in [0.15, 0.2) is 17.0 Å². The number of carbonyl (C=O) groups is 2. The minimum Gasteiger partial charge on any atom is -0.465 e. The number of hydrogen-bond acceptors (Lipinski definition) is 8. The van der Waals surface area contributed by atoms with Gasteiger partial charge < -0.3 is 24.5 Å². The molecule has 1 fully saturated rings. The molecule has 0 radical (unpaired) electrons. The van der Waals surface area contributed by atoms with Crippen molar-refractivity contribution in [2.75, 3.05) is 11.9 Å². The van der Waals surface area contributed by atoms with E-state index in [1.54, 1.807) is 35.2 Å². The van der Waals surface area contributed by atoms with Crippen LogP contribution in [0, 0.1) is 5.92 Å². The Morgan fingerprint density at radius 1 is 1.05 bits per heavy atom. The molecule has 1 amide bonds. The first kappa shape index (κ1) is 24.5. The molecule has 37 heavy (non-hydrogen) atoms. The second-order valence-corrected chi connectivity index (χ2v) is 8.98. The van der Waals surface area contributed by atoms with Crippen LogP contribution in [0.15, 0.2) is 73.3 Å². The summed E-state index contributed by atoms with van der Waals surface area (Å²) in [5.74, 6) is -0.658. The fourth-order valence-electron chi connectivity index (χ4n) is 4.70. The Morgan fingerprint density at radius 3 is 2.51 bits per heavy atom. The molecule has 5 rings (SSSR count). The highest BCUT2D eigenvalue weighted by Crippen LogP contribution is 2.39. The Labute approximate surface area is 213 Å². The molecule has 0 spiro atoms. The van der Waals surface area contributed by atoms with Gasteiger partial charge in [-0.05, 0) is 24.1 Å². The molecule has 2 heterocycles. The second-order valence-electron chi connectivity index (χ2n) is 8.98. The molecule has 0 unspecified atom stereocenters. The molecule has 10 nitrogen and oxygen atoms in total. The molecule has 4 aromatic rings. The van der Waals surface area contributed by atoms with Gasteiger partial charge in [0.25, 0.3) is 5.91 Å². The molecule has 0 bridgehead atoms. The maximum Gasteiger partial charge on any atom is 0.302 e. The third-order valence-corrected chi connectivity index (χ3v) is 6.51. The normalized spacial score (nSPS) is 21.1. The van der Waals surface area contributed by atoms with Gasteiger partial charge in [-0.3, -0.25) is 9.59 Å². The average Bonchev–Trinajstić information content (AvgIpc) is 3.48. The molecule has 0 saturated heterocycles. The number of esters is 1. The molecule has 2 N–H and O–H groups in total. The van der Waals surface area contributed by atoms with Crippen LogP contribution in [0.5, 0.6) is 0 Å². The summed E-state index contributed by atoms with van der Waals surface area (Å²) in [6.45, 7) is 1.80. The Kier molecular flexibility index (Phi) is 7.20. The lowest BCUT2D eigenvalue weighted by atomic mass is 10.1. The highest BCUT2D eigenvalue weighted by atomic mass is 16.5. The molecule has 0 aliphatic heterocycles. The van der Waals surface area contributed by atoms with Crippen molar-refractivity contribution >= 4 is 28.9 Å². The maximum absolute atomic E-state index is 12.7. The number of rotatable bonds is 8. The summed E-state index contributed by atoms with van der Waals surface area (Å²) in [6.07, 6.45) is 1.94. The predicted molar refractivity (Wildman–Crippen MR) is 135 cm³/mol. The summed E-state index contributed by atoms with van der Waals surface area (Å²) in [5, 5.41) is 14.1. The van der Waals surface area contributed by atoms with Crippen molar-refractivity contribution in [1.82, 2.24) is 19.5 Å². The molecule has 1 aliphatic rings. The molecular weight excluding hydrogens is 474 g/mol. The SMILES string of the molecule is CC(=O)OC[C@H]1C[C@@H](n2cnc3c(NC(=O)c4ccccc4)ncnc32)[C@H](O)[C@H]1OCc1ccccc1. The van der Waals surface area contributed by atoms with Crippen molar-refractivity contribution in [3.05, 3.63) is 84.4 Å². The van der Waals surface area contributed by atoms with Crippen LogP contribution in [0.3, 0.4) is 0 Å². The Bertz CT molecular complexity index is 1380. The van der Waals surface area contributed by atoms with Gasteiger partial charge in [-0.15, -0.1) is 0 Å². The Hall–Kier alpha value is -4.15. The Balaban J connectivity index is 1.39. The van der Waals surface area contributed by atoms with E-state index in [0.29, 0.717) is 29.8 Å². The number of fused-ring (bicyclic) bond motifs is 1. The van der Waals surface area contributed by atoms with Crippen LogP contribution in [0.25, 0.3) is 11.2 Å². The van der Waals surface area contributed by atoms with Crippen LogP contribution in [0.1, 0.15) is 35.3 Å². The lowest BCUT2D eigenvalue weighted by Crippen LogP contribution is -2.34. The number of imidazole rings is 1. The van der Waals surface area contributed by atoms with Gasteiger partial charge in [0.05, 0.1) is 31.7 Å². The van der Waals surface area contributed by atoms with Gasteiger partial charge in [-0.1, -0.05) is 48.5 Å². The van der Waals surface area contributed by atoms with E-state index in [-0.39, 0.29) is 30.2 Å². The van der Waals surface area contributed by atoms with Crippen LogP contribution in [-0.4, -0.2) is 55.3 Å². The summed E-state index contributed by atoms with van der Waals surface area (Å²) in [6, 6.07) is 18.1. The number of aromatic nitrogens is 4. The number of anilines is 1. The van der Waals surface area contributed by atoms with Crippen molar-refractivity contribution in [3.8, 4) is 0 Å². The van der Waals surface area contributed by atoms with Gasteiger partial charge in [-0.2, -0.15) is 0 Å². The number of aliphatic hydroxyl groups excluding tert-OH is 1. The fraction of sp³-hybridized carbons (Fsp3) is 0.296. The highest BCUT2D eigenvalue weighted by molar-refractivity contribution is 6.06.